The fourth-order valence-corrected chi connectivity index (χ4v) is 3.69. The van der Waals surface area contributed by atoms with Crippen molar-refractivity contribution < 1.29 is 4.74 Å². The maximum absolute atomic E-state index is 5.10. The highest BCUT2D eigenvalue weighted by molar-refractivity contribution is 7.09. The van der Waals surface area contributed by atoms with Crippen LogP contribution in [-0.4, -0.2) is 31.8 Å². The van der Waals surface area contributed by atoms with Gasteiger partial charge in [-0.05, 0) is 31.7 Å². The van der Waals surface area contributed by atoms with Crippen LogP contribution in [0, 0.1) is 18.8 Å². The minimum Gasteiger partial charge on any atom is -0.383 e. The number of nitrogens with one attached hydrogen (secondary N) is 1. The molecule has 0 aliphatic heterocycles. The molecule has 1 atom stereocenters. The van der Waals surface area contributed by atoms with E-state index in [4.69, 9.17) is 4.74 Å². The molecule has 1 aromatic rings. The van der Waals surface area contributed by atoms with Crippen molar-refractivity contribution in [2.24, 2.45) is 11.8 Å². The van der Waals surface area contributed by atoms with Crippen LogP contribution in [0.25, 0.3) is 0 Å². The van der Waals surface area contributed by atoms with Gasteiger partial charge in [-0.2, -0.15) is 0 Å². The molecule has 108 valence electrons. The number of methoxy groups -OCH3 is 1. The summed E-state index contributed by atoms with van der Waals surface area (Å²) in [5, 5.41) is 6.96. The number of hydrogen-bond acceptors (Lipinski definition) is 4. The lowest BCUT2D eigenvalue weighted by Crippen LogP contribution is -2.31. The summed E-state index contributed by atoms with van der Waals surface area (Å²) in [5.41, 5.74) is 1.29. The fourth-order valence-electron chi connectivity index (χ4n) is 3.07. The van der Waals surface area contributed by atoms with Gasteiger partial charge in [0.05, 0.1) is 17.3 Å². The first-order chi connectivity index (χ1) is 9.29. The molecule has 1 heterocycles. The summed E-state index contributed by atoms with van der Waals surface area (Å²) in [4.78, 5) is 4.63. The van der Waals surface area contributed by atoms with Crippen molar-refractivity contribution in [3.05, 3.63) is 16.1 Å². The van der Waals surface area contributed by atoms with Gasteiger partial charge in [-0.25, -0.2) is 4.98 Å². The molecule has 0 spiro atoms. The van der Waals surface area contributed by atoms with Crippen molar-refractivity contribution in [3.8, 4) is 0 Å². The van der Waals surface area contributed by atoms with Crippen molar-refractivity contribution in [3.63, 3.8) is 0 Å². The fraction of sp³-hybridized carbons (Fsp3) is 0.800. The Labute approximate surface area is 120 Å². The monoisotopic (exact) mass is 282 g/mol. The van der Waals surface area contributed by atoms with Gasteiger partial charge in [0.2, 0.25) is 0 Å². The van der Waals surface area contributed by atoms with Gasteiger partial charge >= 0.3 is 0 Å². The molecule has 1 fully saturated rings. The van der Waals surface area contributed by atoms with Gasteiger partial charge in [0, 0.05) is 19.0 Å². The molecular formula is C15H26N2OS. The van der Waals surface area contributed by atoms with E-state index >= 15 is 0 Å². The number of aromatic nitrogens is 1. The lowest BCUT2D eigenvalue weighted by Gasteiger charge is -2.23. The predicted molar refractivity (Wildman–Crippen MR) is 80.7 cm³/mol. The van der Waals surface area contributed by atoms with Gasteiger partial charge in [0.15, 0.2) is 0 Å². The van der Waals surface area contributed by atoms with Crippen LogP contribution >= 0.6 is 11.3 Å². The highest BCUT2D eigenvalue weighted by Gasteiger charge is 2.25. The van der Waals surface area contributed by atoms with Gasteiger partial charge in [-0.15, -0.1) is 11.3 Å². The summed E-state index contributed by atoms with van der Waals surface area (Å²) in [6, 6.07) is 0. The van der Waals surface area contributed by atoms with Crippen LogP contribution in [-0.2, 0) is 11.2 Å². The minimum absolute atomic E-state index is 0.737. The summed E-state index contributed by atoms with van der Waals surface area (Å²) in [6.07, 6.45) is 6.76. The second kappa shape index (κ2) is 7.98. The van der Waals surface area contributed by atoms with E-state index in [1.165, 1.54) is 36.4 Å². The van der Waals surface area contributed by atoms with Crippen LogP contribution < -0.4 is 5.32 Å². The predicted octanol–water partition coefficient (Wildman–Crippen LogP) is 3.04. The zero-order chi connectivity index (χ0) is 13.5. The standard InChI is InChI=1S/C15H26N2OS/c1-12-17-15(11-19-12)9-14(10-16-7-8-18-2)13-5-3-4-6-13/h11,13-14,16H,3-10H2,1-2H3. The van der Waals surface area contributed by atoms with Crippen LogP contribution in [0.15, 0.2) is 5.38 Å². The van der Waals surface area contributed by atoms with Crippen LogP contribution in [0.4, 0.5) is 0 Å². The largest absolute Gasteiger partial charge is 0.383 e. The highest BCUT2D eigenvalue weighted by Crippen LogP contribution is 2.33. The number of ether oxygens (including phenoxy) is 1. The van der Waals surface area contributed by atoms with E-state index in [9.17, 15) is 0 Å². The van der Waals surface area contributed by atoms with Gasteiger partial charge in [0.1, 0.15) is 0 Å². The Hall–Kier alpha value is -0.450. The van der Waals surface area contributed by atoms with E-state index in [0.717, 1.165) is 38.0 Å². The molecule has 0 saturated heterocycles. The van der Waals surface area contributed by atoms with Gasteiger partial charge < -0.3 is 10.1 Å². The zero-order valence-electron chi connectivity index (χ0n) is 12.2. The Morgan fingerprint density at radius 2 is 2.26 bits per heavy atom. The van der Waals surface area contributed by atoms with Gasteiger partial charge in [-0.1, -0.05) is 25.7 Å². The molecule has 0 aromatic carbocycles. The highest BCUT2D eigenvalue weighted by atomic mass is 32.1. The van der Waals surface area contributed by atoms with E-state index in [1.807, 2.05) is 0 Å². The second-order valence-corrected chi connectivity index (χ2v) is 6.63. The molecule has 1 aliphatic carbocycles. The third-order valence-electron chi connectivity index (χ3n) is 4.09. The molecule has 1 aliphatic rings. The number of hydrogen-bond donors (Lipinski definition) is 1. The van der Waals surface area contributed by atoms with Crippen molar-refractivity contribution in [2.75, 3.05) is 26.8 Å². The normalized spacial score (nSPS) is 18.0. The molecule has 0 amide bonds. The molecule has 19 heavy (non-hydrogen) atoms. The van der Waals surface area contributed by atoms with Crippen molar-refractivity contribution in [1.29, 1.82) is 0 Å². The zero-order valence-corrected chi connectivity index (χ0v) is 13.0. The average Bonchev–Trinajstić information content (AvgIpc) is 3.04. The van der Waals surface area contributed by atoms with E-state index in [2.05, 4.69) is 22.6 Å². The molecule has 2 rings (SSSR count). The Bertz CT molecular complexity index is 361. The molecule has 1 N–H and O–H groups in total. The SMILES string of the molecule is COCCNCC(Cc1csc(C)n1)C1CCCC1. The van der Waals surface area contributed by atoms with Crippen LogP contribution in [0.2, 0.25) is 0 Å². The molecule has 1 aromatic heterocycles. The smallest absolute Gasteiger partial charge is 0.0897 e. The first-order valence-electron chi connectivity index (χ1n) is 7.40. The molecule has 1 unspecified atom stereocenters. The topological polar surface area (TPSA) is 34.1 Å². The second-order valence-electron chi connectivity index (χ2n) is 5.56. The van der Waals surface area contributed by atoms with Crippen LogP contribution in [0.5, 0.6) is 0 Å². The van der Waals surface area contributed by atoms with Crippen LogP contribution in [0.3, 0.4) is 0 Å². The quantitative estimate of drug-likeness (QED) is 0.744. The van der Waals surface area contributed by atoms with Gasteiger partial charge in [-0.3, -0.25) is 0 Å². The lowest BCUT2D eigenvalue weighted by molar-refractivity contribution is 0.195. The number of aryl methyl sites for hydroxylation is 1. The summed E-state index contributed by atoms with van der Waals surface area (Å²) in [5.74, 6) is 1.62. The maximum atomic E-state index is 5.10. The molecule has 4 heteroatoms. The van der Waals surface area contributed by atoms with E-state index in [0.29, 0.717) is 0 Å². The Balaban J connectivity index is 1.85. The Morgan fingerprint density at radius 1 is 1.47 bits per heavy atom. The van der Waals surface area contributed by atoms with E-state index in [1.54, 1.807) is 18.4 Å². The lowest BCUT2D eigenvalue weighted by atomic mass is 9.87. The Kier molecular flexibility index (Phi) is 6.28. The van der Waals surface area contributed by atoms with E-state index < -0.39 is 0 Å². The van der Waals surface area contributed by atoms with Crippen molar-refractivity contribution in [2.45, 2.75) is 39.0 Å². The first-order valence-corrected chi connectivity index (χ1v) is 8.28. The number of thiazole rings is 1. The summed E-state index contributed by atoms with van der Waals surface area (Å²) < 4.78 is 5.10. The minimum atomic E-state index is 0.737. The molecule has 0 radical (unpaired) electrons. The third-order valence-corrected chi connectivity index (χ3v) is 4.92. The number of rotatable bonds is 8. The summed E-state index contributed by atoms with van der Waals surface area (Å²) >= 11 is 1.77. The van der Waals surface area contributed by atoms with E-state index in [-0.39, 0.29) is 0 Å². The Morgan fingerprint density at radius 3 is 2.89 bits per heavy atom. The maximum Gasteiger partial charge on any atom is 0.0897 e. The number of nitrogens with zero attached hydrogens (tertiary/aromatic N) is 1. The van der Waals surface area contributed by atoms with Gasteiger partial charge in [0.25, 0.3) is 0 Å². The van der Waals surface area contributed by atoms with Crippen LogP contribution in [0.1, 0.15) is 36.4 Å². The average molecular weight is 282 g/mol. The van der Waals surface area contributed by atoms with Crippen molar-refractivity contribution >= 4 is 11.3 Å². The van der Waals surface area contributed by atoms with Crippen molar-refractivity contribution in [1.82, 2.24) is 10.3 Å². The third kappa shape index (κ3) is 4.86. The summed E-state index contributed by atoms with van der Waals surface area (Å²) in [7, 11) is 1.76. The molecule has 1 saturated carbocycles. The molecule has 0 bridgehead atoms. The molecule has 3 nitrogen and oxygen atoms in total. The molecular weight excluding hydrogens is 256 g/mol. The first kappa shape index (κ1) is 14.9. The summed E-state index contributed by atoms with van der Waals surface area (Å²) in [6.45, 7) is 4.95.